The van der Waals surface area contributed by atoms with E-state index in [4.69, 9.17) is 0 Å². The van der Waals surface area contributed by atoms with Gasteiger partial charge in [0.15, 0.2) is 0 Å². The van der Waals surface area contributed by atoms with Crippen molar-refractivity contribution in [1.82, 2.24) is 14.5 Å². The molecule has 0 aliphatic carbocycles. The van der Waals surface area contributed by atoms with Crippen LogP contribution in [0.2, 0.25) is 0 Å². The summed E-state index contributed by atoms with van der Waals surface area (Å²) in [5.74, 6) is -0.339. The minimum absolute atomic E-state index is 0.160. The molecule has 1 unspecified atom stereocenters. The number of unbranched alkanes of at least 4 members (excludes halogenated alkanes) is 1. The maximum absolute atomic E-state index is 12.3. The first-order valence-electron chi connectivity index (χ1n) is 7.51. The molecular weight excluding hydrogens is 324 g/mol. The predicted molar refractivity (Wildman–Crippen MR) is 86.3 cm³/mol. The van der Waals surface area contributed by atoms with Crippen LogP contribution < -0.4 is 5.32 Å². The number of nitrogens with zero attached hydrogens (tertiary/aromatic N) is 3. The van der Waals surface area contributed by atoms with E-state index in [9.17, 15) is 13.2 Å². The summed E-state index contributed by atoms with van der Waals surface area (Å²) in [7, 11) is -3.25. The Labute approximate surface area is 135 Å². The molecule has 0 bridgehead atoms. The highest BCUT2D eigenvalue weighted by Crippen LogP contribution is 2.22. The van der Waals surface area contributed by atoms with Gasteiger partial charge in [-0.2, -0.15) is 0 Å². The minimum Gasteiger partial charge on any atom is -0.300 e. The van der Waals surface area contributed by atoms with Gasteiger partial charge in [0, 0.05) is 13.1 Å². The SMILES string of the molecule is CCCCS(=O)(=O)N1CCCC(C(=O)Nc2nnc(C)s2)C1. The highest BCUT2D eigenvalue weighted by atomic mass is 32.2. The zero-order valence-electron chi connectivity index (χ0n) is 12.9. The quantitative estimate of drug-likeness (QED) is 0.845. The molecule has 2 heterocycles. The summed E-state index contributed by atoms with van der Waals surface area (Å²) in [6.07, 6.45) is 2.90. The maximum Gasteiger partial charge on any atom is 0.230 e. The summed E-state index contributed by atoms with van der Waals surface area (Å²) in [4.78, 5) is 12.3. The van der Waals surface area contributed by atoms with Gasteiger partial charge in [-0.25, -0.2) is 12.7 Å². The summed E-state index contributed by atoms with van der Waals surface area (Å²) in [6.45, 7) is 4.55. The molecule has 1 fully saturated rings. The molecule has 0 saturated carbocycles. The molecule has 1 aliphatic heterocycles. The van der Waals surface area contributed by atoms with Gasteiger partial charge in [-0.1, -0.05) is 24.7 Å². The second kappa shape index (κ2) is 7.47. The Balaban J connectivity index is 1.96. The van der Waals surface area contributed by atoms with Crippen molar-refractivity contribution in [2.24, 2.45) is 5.92 Å². The van der Waals surface area contributed by atoms with Crippen molar-refractivity contribution in [3.05, 3.63) is 5.01 Å². The van der Waals surface area contributed by atoms with Crippen LogP contribution in [0.5, 0.6) is 0 Å². The number of carbonyl (C=O) groups excluding carboxylic acids is 1. The zero-order chi connectivity index (χ0) is 16.2. The monoisotopic (exact) mass is 346 g/mol. The molecule has 0 radical (unpaired) electrons. The van der Waals surface area contributed by atoms with E-state index >= 15 is 0 Å². The standard InChI is InChI=1S/C13H22N4O3S2/c1-3-4-8-22(19,20)17-7-5-6-11(9-17)12(18)14-13-16-15-10(2)21-13/h11H,3-9H2,1-2H3,(H,14,16,18). The molecule has 1 N–H and O–H groups in total. The van der Waals surface area contributed by atoms with E-state index in [1.54, 1.807) is 0 Å². The van der Waals surface area contributed by atoms with Crippen molar-refractivity contribution in [3.8, 4) is 0 Å². The number of aryl methyl sites for hydroxylation is 1. The highest BCUT2D eigenvalue weighted by Gasteiger charge is 2.32. The highest BCUT2D eigenvalue weighted by molar-refractivity contribution is 7.89. The molecule has 22 heavy (non-hydrogen) atoms. The maximum atomic E-state index is 12.3. The van der Waals surface area contributed by atoms with Gasteiger partial charge in [0.1, 0.15) is 5.01 Å². The molecule has 1 aromatic heterocycles. The molecule has 1 aromatic rings. The number of nitrogens with one attached hydrogen (secondary N) is 1. The number of amides is 1. The van der Waals surface area contributed by atoms with Gasteiger partial charge in [-0.15, -0.1) is 10.2 Å². The van der Waals surface area contributed by atoms with Gasteiger partial charge in [-0.3, -0.25) is 4.79 Å². The zero-order valence-corrected chi connectivity index (χ0v) is 14.5. The topological polar surface area (TPSA) is 92.3 Å². The van der Waals surface area contributed by atoms with Crippen LogP contribution in [0.1, 0.15) is 37.6 Å². The Kier molecular flexibility index (Phi) is 5.87. The van der Waals surface area contributed by atoms with Crippen molar-refractivity contribution < 1.29 is 13.2 Å². The molecular formula is C13H22N4O3S2. The van der Waals surface area contributed by atoms with Crippen molar-refractivity contribution in [2.45, 2.75) is 39.5 Å². The molecule has 2 rings (SSSR count). The number of hydrogen-bond acceptors (Lipinski definition) is 6. The van der Waals surface area contributed by atoms with Gasteiger partial charge < -0.3 is 5.32 Å². The van der Waals surface area contributed by atoms with Gasteiger partial charge >= 0.3 is 0 Å². The van der Waals surface area contributed by atoms with Crippen molar-refractivity contribution >= 4 is 32.4 Å². The van der Waals surface area contributed by atoms with Crippen LogP contribution in [0.15, 0.2) is 0 Å². The van der Waals surface area contributed by atoms with Crippen LogP contribution in [0.25, 0.3) is 0 Å². The van der Waals surface area contributed by atoms with Crippen LogP contribution in [-0.4, -0.2) is 47.7 Å². The lowest BCUT2D eigenvalue weighted by atomic mass is 9.99. The van der Waals surface area contributed by atoms with E-state index in [0.717, 1.165) is 11.4 Å². The summed E-state index contributed by atoms with van der Waals surface area (Å²) in [6, 6.07) is 0. The number of anilines is 1. The number of carbonyl (C=O) groups is 1. The molecule has 1 atom stereocenters. The smallest absolute Gasteiger partial charge is 0.230 e. The third-order valence-electron chi connectivity index (χ3n) is 3.66. The summed E-state index contributed by atoms with van der Waals surface area (Å²) in [5.41, 5.74) is 0. The molecule has 0 aromatic carbocycles. The summed E-state index contributed by atoms with van der Waals surface area (Å²) >= 11 is 1.31. The van der Waals surface area contributed by atoms with Gasteiger partial charge in [0.05, 0.1) is 11.7 Å². The first-order valence-corrected chi connectivity index (χ1v) is 9.93. The number of rotatable bonds is 6. The fourth-order valence-corrected chi connectivity index (χ4v) is 4.74. The molecule has 1 amide bonds. The second-order valence-electron chi connectivity index (χ2n) is 5.48. The minimum atomic E-state index is -3.25. The fraction of sp³-hybridized carbons (Fsp3) is 0.769. The third-order valence-corrected chi connectivity index (χ3v) is 6.34. The van der Waals surface area contributed by atoms with E-state index in [0.29, 0.717) is 30.9 Å². The first-order chi connectivity index (χ1) is 10.4. The largest absolute Gasteiger partial charge is 0.300 e. The number of sulfonamides is 1. The predicted octanol–water partition coefficient (Wildman–Crippen LogP) is 1.63. The molecule has 124 valence electrons. The van der Waals surface area contributed by atoms with Gasteiger partial charge in [-0.05, 0) is 26.2 Å². The van der Waals surface area contributed by atoms with E-state index in [1.165, 1.54) is 15.6 Å². The lowest BCUT2D eigenvalue weighted by molar-refractivity contribution is -0.120. The van der Waals surface area contributed by atoms with E-state index in [2.05, 4.69) is 15.5 Å². The van der Waals surface area contributed by atoms with Crippen molar-refractivity contribution in [1.29, 1.82) is 0 Å². The Morgan fingerprint density at radius 1 is 1.45 bits per heavy atom. The second-order valence-corrected chi connectivity index (χ2v) is 8.75. The van der Waals surface area contributed by atoms with Gasteiger partial charge in [0.2, 0.25) is 21.1 Å². The average Bonchev–Trinajstić information content (AvgIpc) is 2.90. The normalized spacial score (nSPS) is 20.0. The lowest BCUT2D eigenvalue weighted by Crippen LogP contribution is -2.44. The lowest BCUT2D eigenvalue weighted by Gasteiger charge is -2.31. The number of aromatic nitrogens is 2. The summed E-state index contributed by atoms with van der Waals surface area (Å²) < 4.78 is 26.0. The Hall–Kier alpha value is -1.06. The molecule has 9 heteroatoms. The van der Waals surface area contributed by atoms with Crippen LogP contribution in [0, 0.1) is 12.8 Å². The number of piperidine rings is 1. The van der Waals surface area contributed by atoms with Crippen LogP contribution in [0.4, 0.5) is 5.13 Å². The van der Waals surface area contributed by atoms with Crippen LogP contribution in [-0.2, 0) is 14.8 Å². The van der Waals surface area contributed by atoms with E-state index < -0.39 is 10.0 Å². The fourth-order valence-electron chi connectivity index (χ4n) is 2.42. The van der Waals surface area contributed by atoms with Crippen LogP contribution in [0.3, 0.4) is 0 Å². The third kappa shape index (κ3) is 4.47. The Morgan fingerprint density at radius 2 is 2.23 bits per heavy atom. The van der Waals surface area contributed by atoms with Crippen LogP contribution >= 0.6 is 11.3 Å². The van der Waals surface area contributed by atoms with E-state index in [-0.39, 0.29) is 24.1 Å². The number of hydrogen-bond donors (Lipinski definition) is 1. The Morgan fingerprint density at radius 3 is 2.86 bits per heavy atom. The molecule has 7 nitrogen and oxygen atoms in total. The summed E-state index contributed by atoms with van der Waals surface area (Å²) in [5, 5.41) is 11.7. The molecule has 1 aliphatic rings. The molecule has 1 saturated heterocycles. The van der Waals surface area contributed by atoms with Gasteiger partial charge in [0.25, 0.3) is 0 Å². The first kappa shape index (κ1) is 17.3. The molecule has 0 spiro atoms. The average molecular weight is 346 g/mol. The Bertz CT molecular complexity index is 615. The van der Waals surface area contributed by atoms with E-state index in [1.807, 2.05) is 13.8 Å². The van der Waals surface area contributed by atoms with Crippen molar-refractivity contribution in [3.63, 3.8) is 0 Å². The van der Waals surface area contributed by atoms with Crippen molar-refractivity contribution in [2.75, 3.05) is 24.2 Å².